The van der Waals surface area contributed by atoms with Crippen LogP contribution >= 0.6 is 15.9 Å². The average molecular weight is 399 g/mol. The molecule has 3 rings (SSSR count). The van der Waals surface area contributed by atoms with Crippen molar-refractivity contribution in [3.8, 4) is 5.69 Å². The number of anilines is 2. The van der Waals surface area contributed by atoms with Gasteiger partial charge in [0.2, 0.25) is 0 Å². The van der Waals surface area contributed by atoms with Gasteiger partial charge in [-0.3, -0.25) is 4.79 Å². The Labute approximate surface area is 152 Å². The molecule has 2 amide bonds. The van der Waals surface area contributed by atoms with E-state index in [0.717, 1.165) is 4.47 Å². The first-order valence-corrected chi connectivity index (χ1v) is 8.32. The maximum Gasteiger partial charge on any atom is 0.323 e. The monoisotopic (exact) mass is 398 g/mol. The summed E-state index contributed by atoms with van der Waals surface area (Å²) in [5.41, 5.74) is 1.62. The van der Waals surface area contributed by atoms with Crippen LogP contribution in [0.1, 0.15) is 5.69 Å². The highest BCUT2D eigenvalue weighted by atomic mass is 79.9. The number of rotatable bonds is 3. The van der Waals surface area contributed by atoms with Crippen molar-refractivity contribution in [2.75, 3.05) is 10.6 Å². The number of carbonyl (C=O) groups is 1. The quantitative estimate of drug-likeness (QED) is 0.701. The van der Waals surface area contributed by atoms with Crippen LogP contribution in [0.15, 0.2) is 69.9 Å². The van der Waals surface area contributed by atoms with E-state index in [1.807, 2.05) is 30.3 Å². The predicted molar refractivity (Wildman–Crippen MR) is 101 cm³/mol. The summed E-state index contributed by atoms with van der Waals surface area (Å²) in [7, 11) is 0. The van der Waals surface area contributed by atoms with E-state index in [2.05, 4.69) is 31.7 Å². The van der Waals surface area contributed by atoms with Crippen molar-refractivity contribution in [3.63, 3.8) is 0 Å². The summed E-state index contributed by atoms with van der Waals surface area (Å²) in [5, 5.41) is 9.51. The fourth-order valence-electron chi connectivity index (χ4n) is 2.27. The number of halogens is 1. The first kappa shape index (κ1) is 16.9. The van der Waals surface area contributed by atoms with E-state index >= 15 is 0 Å². The molecule has 0 spiro atoms. The number of hydrogen-bond acceptors (Lipinski definition) is 3. The second-order valence-corrected chi connectivity index (χ2v) is 6.25. The highest BCUT2D eigenvalue weighted by Crippen LogP contribution is 2.14. The van der Waals surface area contributed by atoms with E-state index in [-0.39, 0.29) is 5.69 Å². The second-order valence-electron chi connectivity index (χ2n) is 5.34. The maximum atomic E-state index is 12.6. The van der Waals surface area contributed by atoms with Crippen LogP contribution in [0.2, 0.25) is 0 Å². The van der Waals surface area contributed by atoms with E-state index < -0.39 is 11.6 Å². The van der Waals surface area contributed by atoms with Crippen molar-refractivity contribution in [1.82, 2.24) is 9.78 Å². The number of nitrogens with zero attached hydrogens (tertiary/aromatic N) is 2. The Kier molecular flexibility index (Phi) is 4.95. The molecule has 1 heterocycles. The van der Waals surface area contributed by atoms with Gasteiger partial charge in [-0.1, -0.05) is 34.1 Å². The molecule has 6 nitrogen and oxygen atoms in total. The summed E-state index contributed by atoms with van der Waals surface area (Å²) in [4.78, 5) is 24.8. The molecule has 0 bridgehead atoms. The second kappa shape index (κ2) is 7.31. The minimum atomic E-state index is -0.496. The zero-order chi connectivity index (χ0) is 17.8. The molecule has 0 atom stereocenters. The summed E-state index contributed by atoms with van der Waals surface area (Å²) in [6.45, 7) is 1.76. The van der Waals surface area contributed by atoms with Gasteiger partial charge in [-0.05, 0) is 49.4 Å². The molecular weight excluding hydrogens is 384 g/mol. The molecule has 0 saturated carbocycles. The van der Waals surface area contributed by atoms with Gasteiger partial charge in [-0.2, -0.15) is 9.78 Å². The third-order valence-corrected chi connectivity index (χ3v) is 3.91. The third kappa shape index (κ3) is 4.13. The van der Waals surface area contributed by atoms with Gasteiger partial charge < -0.3 is 10.6 Å². The van der Waals surface area contributed by atoms with Gasteiger partial charge in [0.05, 0.1) is 11.4 Å². The van der Waals surface area contributed by atoms with E-state index in [0.29, 0.717) is 17.1 Å². The standard InChI is InChI=1S/C18H15BrN4O2/c1-12-11-16(17(24)23(22-12)15-5-3-2-4-6-15)21-18(25)20-14-9-7-13(19)8-10-14/h2-11H,1H3,(H2,20,21,25). The molecule has 25 heavy (non-hydrogen) atoms. The largest absolute Gasteiger partial charge is 0.323 e. The minimum Gasteiger partial charge on any atom is -0.308 e. The van der Waals surface area contributed by atoms with Crippen LogP contribution < -0.4 is 16.2 Å². The molecule has 0 aliphatic carbocycles. The fraction of sp³-hybridized carbons (Fsp3) is 0.0556. The van der Waals surface area contributed by atoms with Crippen LogP contribution in [0, 0.1) is 6.92 Å². The van der Waals surface area contributed by atoms with Crippen molar-refractivity contribution in [3.05, 3.63) is 81.2 Å². The molecule has 0 aliphatic rings. The van der Waals surface area contributed by atoms with Gasteiger partial charge in [-0.25, -0.2) is 4.79 Å². The number of urea groups is 1. The van der Waals surface area contributed by atoms with Crippen LogP contribution in [-0.2, 0) is 0 Å². The Morgan fingerprint density at radius 1 is 1.04 bits per heavy atom. The number of carbonyl (C=O) groups excluding carboxylic acids is 1. The lowest BCUT2D eigenvalue weighted by Crippen LogP contribution is -2.29. The van der Waals surface area contributed by atoms with Crippen LogP contribution in [0.5, 0.6) is 0 Å². The molecule has 0 radical (unpaired) electrons. The summed E-state index contributed by atoms with van der Waals surface area (Å²) in [5.74, 6) is 0. The summed E-state index contributed by atoms with van der Waals surface area (Å²) in [6.07, 6.45) is 0. The van der Waals surface area contributed by atoms with Crippen LogP contribution in [0.25, 0.3) is 5.69 Å². The van der Waals surface area contributed by atoms with Gasteiger partial charge in [-0.15, -0.1) is 0 Å². The molecule has 0 aliphatic heterocycles. The SMILES string of the molecule is Cc1cc(NC(=O)Nc2ccc(Br)cc2)c(=O)n(-c2ccccc2)n1. The van der Waals surface area contributed by atoms with Gasteiger partial charge >= 0.3 is 6.03 Å². The van der Waals surface area contributed by atoms with Crippen molar-refractivity contribution in [2.45, 2.75) is 6.92 Å². The Morgan fingerprint density at radius 3 is 2.40 bits per heavy atom. The van der Waals surface area contributed by atoms with Crippen molar-refractivity contribution in [1.29, 1.82) is 0 Å². The van der Waals surface area contributed by atoms with E-state index in [1.165, 1.54) is 4.68 Å². The molecule has 2 aromatic carbocycles. The van der Waals surface area contributed by atoms with Crippen molar-refractivity contribution in [2.24, 2.45) is 0 Å². The number of aromatic nitrogens is 2. The molecule has 2 N–H and O–H groups in total. The summed E-state index contributed by atoms with van der Waals surface area (Å²) in [6, 6.07) is 17.2. The van der Waals surface area contributed by atoms with Crippen LogP contribution in [0.4, 0.5) is 16.2 Å². The van der Waals surface area contributed by atoms with Gasteiger partial charge in [0.25, 0.3) is 5.56 Å². The number of benzene rings is 2. The number of para-hydroxylation sites is 1. The first-order chi connectivity index (χ1) is 12.0. The van der Waals surface area contributed by atoms with E-state index in [1.54, 1.807) is 37.3 Å². The summed E-state index contributed by atoms with van der Waals surface area (Å²) >= 11 is 3.33. The average Bonchev–Trinajstić information content (AvgIpc) is 2.60. The highest BCUT2D eigenvalue weighted by molar-refractivity contribution is 9.10. The van der Waals surface area contributed by atoms with Crippen LogP contribution in [-0.4, -0.2) is 15.8 Å². The lowest BCUT2D eigenvalue weighted by Gasteiger charge is -2.11. The molecule has 0 saturated heterocycles. The normalized spacial score (nSPS) is 10.3. The Hall–Kier alpha value is -2.93. The fourth-order valence-corrected chi connectivity index (χ4v) is 2.53. The van der Waals surface area contributed by atoms with Crippen molar-refractivity contribution < 1.29 is 4.79 Å². The highest BCUT2D eigenvalue weighted by Gasteiger charge is 2.11. The predicted octanol–water partition coefficient (Wildman–Crippen LogP) is 3.95. The Morgan fingerprint density at radius 2 is 1.72 bits per heavy atom. The number of nitrogens with one attached hydrogen (secondary N) is 2. The Bertz CT molecular complexity index is 953. The molecule has 0 fully saturated rings. The molecular formula is C18H15BrN4O2. The van der Waals surface area contributed by atoms with Gasteiger partial charge in [0, 0.05) is 10.2 Å². The summed E-state index contributed by atoms with van der Waals surface area (Å²) < 4.78 is 2.18. The molecule has 3 aromatic rings. The smallest absolute Gasteiger partial charge is 0.308 e. The van der Waals surface area contributed by atoms with Gasteiger partial charge in [0.1, 0.15) is 5.69 Å². The van der Waals surface area contributed by atoms with E-state index in [9.17, 15) is 9.59 Å². The van der Waals surface area contributed by atoms with Crippen molar-refractivity contribution >= 4 is 33.3 Å². The lowest BCUT2D eigenvalue weighted by molar-refractivity contribution is 0.262. The number of amides is 2. The van der Waals surface area contributed by atoms with E-state index in [4.69, 9.17) is 0 Å². The molecule has 126 valence electrons. The lowest BCUT2D eigenvalue weighted by atomic mass is 10.3. The molecule has 1 aromatic heterocycles. The number of aryl methyl sites for hydroxylation is 1. The molecule has 0 unspecified atom stereocenters. The zero-order valence-corrected chi connectivity index (χ0v) is 14.9. The zero-order valence-electron chi connectivity index (χ0n) is 13.4. The van der Waals surface area contributed by atoms with Gasteiger partial charge in [0.15, 0.2) is 0 Å². The third-order valence-electron chi connectivity index (χ3n) is 3.38. The maximum absolute atomic E-state index is 12.6. The number of hydrogen-bond donors (Lipinski definition) is 2. The first-order valence-electron chi connectivity index (χ1n) is 7.53. The minimum absolute atomic E-state index is 0.158. The topological polar surface area (TPSA) is 76.0 Å². The van der Waals surface area contributed by atoms with Crippen LogP contribution in [0.3, 0.4) is 0 Å². The molecule has 7 heteroatoms. The Balaban J connectivity index is 1.85.